The Kier molecular flexibility index (Phi) is 4.25. The fourth-order valence-corrected chi connectivity index (χ4v) is 0.982. The minimum absolute atomic E-state index is 0.00461. The highest BCUT2D eigenvalue weighted by molar-refractivity contribution is 6.31. The van der Waals surface area contributed by atoms with Crippen LogP contribution >= 0.6 is 11.6 Å². The largest absolute Gasteiger partial charge is 0.326 e. The molecule has 0 saturated heterocycles. The maximum absolute atomic E-state index is 13.1. The van der Waals surface area contributed by atoms with Crippen LogP contribution in [0.2, 0.25) is 0 Å². The fraction of sp³-hybridized carbons (Fsp3) is 0.200. The van der Waals surface area contributed by atoms with E-state index in [0.717, 1.165) is 0 Å². The lowest BCUT2D eigenvalue weighted by Crippen LogP contribution is -2.38. The van der Waals surface area contributed by atoms with Gasteiger partial charge in [0.05, 0.1) is 5.69 Å². The van der Waals surface area contributed by atoms with Crippen LogP contribution in [0.15, 0.2) is 24.3 Å². The van der Waals surface area contributed by atoms with Gasteiger partial charge < -0.3 is 5.32 Å². The topological polar surface area (TPSA) is 58.2 Å². The summed E-state index contributed by atoms with van der Waals surface area (Å²) < 4.78 is 13.1. The second kappa shape index (κ2) is 5.46. The Hall–Kier alpha value is -1.62. The SMILES string of the molecule is CC(Cl)C(=O)NC(=O)Nc1ccccc1F. The molecule has 0 aliphatic heterocycles. The van der Waals surface area contributed by atoms with Gasteiger partial charge in [-0.05, 0) is 19.1 Å². The van der Waals surface area contributed by atoms with Crippen molar-refractivity contribution in [2.45, 2.75) is 12.3 Å². The van der Waals surface area contributed by atoms with Crippen LogP contribution in [0.1, 0.15) is 6.92 Å². The zero-order chi connectivity index (χ0) is 12.1. The van der Waals surface area contributed by atoms with Crippen LogP contribution in [0.5, 0.6) is 0 Å². The molecule has 0 aromatic heterocycles. The van der Waals surface area contributed by atoms with E-state index in [-0.39, 0.29) is 5.69 Å². The first-order valence-electron chi connectivity index (χ1n) is 4.51. The highest BCUT2D eigenvalue weighted by atomic mass is 35.5. The Morgan fingerprint density at radius 3 is 2.56 bits per heavy atom. The third kappa shape index (κ3) is 3.51. The van der Waals surface area contributed by atoms with E-state index in [2.05, 4.69) is 5.32 Å². The summed E-state index contributed by atoms with van der Waals surface area (Å²) in [4.78, 5) is 22.2. The summed E-state index contributed by atoms with van der Waals surface area (Å²) in [5.74, 6) is -1.22. The molecule has 1 aromatic rings. The molecule has 0 aliphatic rings. The van der Waals surface area contributed by atoms with Crippen LogP contribution in [0, 0.1) is 5.82 Å². The normalized spacial score (nSPS) is 11.7. The number of urea groups is 1. The molecule has 0 aliphatic carbocycles. The molecule has 86 valence electrons. The molecule has 1 aromatic carbocycles. The fourth-order valence-electron chi connectivity index (χ4n) is 0.927. The number of imide groups is 1. The van der Waals surface area contributed by atoms with Gasteiger partial charge in [-0.3, -0.25) is 10.1 Å². The quantitative estimate of drug-likeness (QED) is 0.783. The average molecular weight is 245 g/mol. The number of carbonyl (C=O) groups excluding carboxylic acids is 2. The predicted octanol–water partition coefficient (Wildman–Crippen LogP) is 2.10. The van der Waals surface area contributed by atoms with Crippen molar-refractivity contribution in [3.63, 3.8) is 0 Å². The number of nitrogens with one attached hydrogen (secondary N) is 2. The van der Waals surface area contributed by atoms with Crippen LogP contribution < -0.4 is 10.6 Å². The molecule has 0 bridgehead atoms. The van der Waals surface area contributed by atoms with Gasteiger partial charge in [0.25, 0.3) is 0 Å². The molecular formula is C10H10ClFN2O2. The zero-order valence-corrected chi connectivity index (χ0v) is 9.22. The summed E-state index contributed by atoms with van der Waals surface area (Å²) in [5, 5.41) is 3.33. The average Bonchev–Trinajstić information content (AvgIpc) is 2.21. The van der Waals surface area contributed by atoms with E-state index in [0.29, 0.717) is 0 Å². The monoisotopic (exact) mass is 244 g/mol. The van der Waals surface area contributed by atoms with Gasteiger partial charge in [0.15, 0.2) is 0 Å². The first kappa shape index (κ1) is 12.4. The van der Waals surface area contributed by atoms with Crippen molar-refractivity contribution in [2.75, 3.05) is 5.32 Å². The standard InChI is InChI=1S/C10H10ClFN2O2/c1-6(11)9(15)14-10(16)13-8-5-3-2-4-7(8)12/h2-6H,1H3,(H2,13,14,15,16). The number of hydrogen-bond donors (Lipinski definition) is 2. The van der Waals surface area contributed by atoms with E-state index in [1.54, 1.807) is 6.07 Å². The van der Waals surface area contributed by atoms with Gasteiger partial charge in [0, 0.05) is 0 Å². The minimum Gasteiger partial charge on any atom is -0.305 e. The van der Waals surface area contributed by atoms with Gasteiger partial charge in [-0.25, -0.2) is 9.18 Å². The third-order valence-electron chi connectivity index (χ3n) is 1.72. The van der Waals surface area contributed by atoms with Crippen LogP contribution in [-0.2, 0) is 4.79 Å². The maximum Gasteiger partial charge on any atom is 0.326 e. The highest BCUT2D eigenvalue weighted by Crippen LogP contribution is 2.11. The Labute approximate surface area is 96.8 Å². The molecule has 0 radical (unpaired) electrons. The number of carbonyl (C=O) groups is 2. The second-order valence-corrected chi connectivity index (χ2v) is 3.69. The number of amides is 3. The summed E-state index contributed by atoms with van der Waals surface area (Å²) in [6, 6.07) is 4.81. The molecule has 0 spiro atoms. The number of para-hydroxylation sites is 1. The Balaban J connectivity index is 2.59. The van der Waals surface area contributed by atoms with Gasteiger partial charge in [0.1, 0.15) is 11.2 Å². The first-order chi connectivity index (χ1) is 7.50. The summed E-state index contributed by atoms with van der Waals surface area (Å²) in [6.45, 7) is 1.42. The lowest BCUT2D eigenvalue weighted by molar-refractivity contribution is -0.119. The van der Waals surface area contributed by atoms with Crippen molar-refractivity contribution in [1.82, 2.24) is 5.32 Å². The molecule has 16 heavy (non-hydrogen) atoms. The number of halogens is 2. The van der Waals surface area contributed by atoms with Gasteiger partial charge in [-0.15, -0.1) is 11.6 Å². The van der Waals surface area contributed by atoms with E-state index in [9.17, 15) is 14.0 Å². The molecule has 0 fully saturated rings. The molecule has 1 atom stereocenters. The molecule has 2 N–H and O–H groups in total. The smallest absolute Gasteiger partial charge is 0.305 e. The molecule has 0 saturated carbocycles. The van der Waals surface area contributed by atoms with Crippen molar-refractivity contribution < 1.29 is 14.0 Å². The van der Waals surface area contributed by atoms with Crippen molar-refractivity contribution in [2.24, 2.45) is 0 Å². The van der Waals surface area contributed by atoms with Crippen molar-refractivity contribution in [3.05, 3.63) is 30.1 Å². The van der Waals surface area contributed by atoms with Crippen LogP contribution in [0.3, 0.4) is 0 Å². The molecule has 1 rings (SSSR count). The van der Waals surface area contributed by atoms with E-state index in [1.807, 2.05) is 5.32 Å². The number of hydrogen-bond acceptors (Lipinski definition) is 2. The predicted molar refractivity (Wildman–Crippen MR) is 58.9 cm³/mol. The number of anilines is 1. The molecule has 3 amide bonds. The summed E-state index contributed by atoms with van der Waals surface area (Å²) in [6.07, 6.45) is 0. The van der Waals surface area contributed by atoms with Crippen LogP contribution in [-0.4, -0.2) is 17.3 Å². The van der Waals surface area contributed by atoms with Crippen LogP contribution in [0.4, 0.5) is 14.9 Å². The van der Waals surface area contributed by atoms with Crippen LogP contribution in [0.25, 0.3) is 0 Å². The first-order valence-corrected chi connectivity index (χ1v) is 4.95. The molecular weight excluding hydrogens is 235 g/mol. The number of benzene rings is 1. The lowest BCUT2D eigenvalue weighted by atomic mass is 10.3. The minimum atomic E-state index is -0.827. The van der Waals surface area contributed by atoms with E-state index < -0.39 is 23.1 Å². The Morgan fingerprint density at radius 2 is 2.00 bits per heavy atom. The van der Waals surface area contributed by atoms with E-state index in [4.69, 9.17) is 11.6 Å². The summed E-state index contributed by atoms with van der Waals surface area (Å²) >= 11 is 5.44. The third-order valence-corrected chi connectivity index (χ3v) is 1.92. The maximum atomic E-state index is 13.1. The Bertz CT molecular complexity index is 410. The Morgan fingerprint density at radius 1 is 1.38 bits per heavy atom. The lowest BCUT2D eigenvalue weighted by Gasteiger charge is -2.07. The zero-order valence-electron chi connectivity index (χ0n) is 8.46. The van der Waals surface area contributed by atoms with Crippen molar-refractivity contribution in [1.29, 1.82) is 0 Å². The summed E-state index contributed by atoms with van der Waals surface area (Å²) in [7, 11) is 0. The molecule has 0 heterocycles. The second-order valence-electron chi connectivity index (χ2n) is 3.04. The number of rotatable bonds is 2. The molecule has 4 nitrogen and oxygen atoms in total. The van der Waals surface area contributed by atoms with E-state index >= 15 is 0 Å². The highest BCUT2D eigenvalue weighted by Gasteiger charge is 2.13. The van der Waals surface area contributed by atoms with Gasteiger partial charge in [-0.2, -0.15) is 0 Å². The van der Waals surface area contributed by atoms with Gasteiger partial charge >= 0.3 is 6.03 Å². The molecule has 1 unspecified atom stereocenters. The summed E-state index contributed by atoms with van der Waals surface area (Å²) in [5.41, 5.74) is -0.00461. The van der Waals surface area contributed by atoms with Crippen molar-refractivity contribution >= 4 is 29.2 Å². The van der Waals surface area contributed by atoms with E-state index in [1.165, 1.54) is 25.1 Å². The van der Waals surface area contributed by atoms with Crippen molar-refractivity contribution in [3.8, 4) is 0 Å². The molecule has 6 heteroatoms. The van der Waals surface area contributed by atoms with Gasteiger partial charge in [0.2, 0.25) is 5.91 Å². The van der Waals surface area contributed by atoms with Gasteiger partial charge in [-0.1, -0.05) is 12.1 Å². The number of alkyl halides is 1.